The lowest BCUT2D eigenvalue weighted by atomic mass is 10.1. The third-order valence-electron chi connectivity index (χ3n) is 3.42. The predicted octanol–water partition coefficient (Wildman–Crippen LogP) is 2.32. The molecule has 5 nitrogen and oxygen atoms in total. The summed E-state index contributed by atoms with van der Waals surface area (Å²) in [7, 11) is 1.90. The van der Waals surface area contributed by atoms with Crippen molar-refractivity contribution in [3.63, 3.8) is 0 Å². The van der Waals surface area contributed by atoms with Crippen LogP contribution in [0.15, 0.2) is 42.9 Å². The van der Waals surface area contributed by atoms with Gasteiger partial charge < -0.3 is 9.67 Å². The molecule has 0 aliphatic rings. The zero-order valence-electron chi connectivity index (χ0n) is 11.2. The first-order valence-corrected chi connectivity index (χ1v) is 6.43. The largest absolute Gasteiger partial charge is 0.478 e. The van der Waals surface area contributed by atoms with E-state index in [-0.39, 0.29) is 0 Å². The van der Waals surface area contributed by atoms with E-state index in [1.807, 2.05) is 37.8 Å². The lowest BCUT2D eigenvalue weighted by Gasteiger charge is -2.04. The number of aromatic nitrogens is 3. The van der Waals surface area contributed by atoms with Crippen LogP contribution in [0.25, 0.3) is 10.9 Å². The van der Waals surface area contributed by atoms with Gasteiger partial charge in [-0.25, -0.2) is 4.79 Å². The van der Waals surface area contributed by atoms with Crippen LogP contribution in [-0.4, -0.2) is 25.4 Å². The SMILES string of the molecule is Cn1cc(CCn2ccc3cc(C(=O)O)ccc32)cn1. The topological polar surface area (TPSA) is 60.0 Å². The molecule has 0 radical (unpaired) electrons. The average Bonchev–Trinajstić information content (AvgIpc) is 3.02. The molecule has 2 aromatic heterocycles. The molecule has 1 N–H and O–H groups in total. The van der Waals surface area contributed by atoms with Gasteiger partial charge in [0.2, 0.25) is 0 Å². The van der Waals surface area contributed by atoms with Gasteiger partial charge in [0.15, 0.2) is 0 Å². The molecule has 3 rings (SSSR count). The van der Waals surface area contributed by atoms with Gasteiger partial charge in [-0.3, -0.25) is 4.68 Å². The second-order valence-corrected chi connectivity index (χ2v) is 4.86. The lowest BCUT2D eigenvalue weighted by molar-refractivity contribution is 0.0697. The molecule has 20 heavy (non-hydrogen) atoms. The second kappa shape index (κ2) is 4.85. The monoisotopic (exact) mass is 269 g/mol. The number of hydrogen-bond acceptors (Lipinski definition) is 2. The van der Waals surface area contributed by atoms with Gasteiger partial charge in [-0.05, 0) is 36.2 Å². The summed E-state index contributed by atoms with van der Waals surface area (Å²) in [5.41, 5.74) is 2.57. The van der Waals surface area contributed by atoms with Gasteiger partial charge in [0.1, 0.15) is 0 Å². The Morgan fingerprint density at radius 1 is 1.35 bits per heavy atom. The number of hydrogen-bond donors (Lipinski definition) is 1. The maximum Gasteiger partial charge on any atom is 0.335 e. The molecule has 0 unspecified atom stereocenters. The summed E-state index contributed by atoms with van der Waals surface area (Å²) in [4.78, 5) is 10.9. The molecule has 0 bridgehead atoms. The molecule has 2 heterocycles. The number of fused-ring (bicyclic) bond motifs is 1. The molecule has 0 aliphatic carbocycles. The minimum atomic E-state index is -0.894. The van der Waals surface area contributed by atoms with Gasteiger partial charge in [-0.15, -0.1) is 0 Å². The van der Waals surface area contributed by atoms with Crippen molar-refractivity contribution in [1.82, 2.24) is 14.3 Å². The van der Waals surface area contributed by atoms with E-state index in [0.717, 1.165) is 23.9 Å². The van der Waals surface area contributed by atoms with Crippen LogP contribution < -0.4 is 0 Å². The molecule has 1 aromatic carbocycles. The number of nitrogens with zero attached hydrogens (tertiary/aromatic N) is 3. The number of rotatable bonds is 4. The van der Waals surface area contributed by atoms with Gasteiger partial charge in [0.05, 0.1) is 11.8 Å². The zero-order valence-corrected chi connectivity index (χ0v) is 11.2. The Balaban J connectivity index is 1.83. The van der Waals surface area contributed by atoms with Crippen LogP contribution in [0.1, 0.15) is 15.9 Å². The number of benzene rings is 1. The number of aromatic carboxylic acids is 1. The molecule has 0 saturated carbocycles. The summed E-state index contributed by atoms with van der Waals surface area (Å²) in [6.45, 7) is 0.849. The predicted molar refractivity (Wildman–Crippen MR) is 75.8 cm³/mol. The third-order valence-corrected chi connectivity index (χ3v) is 3.42. The van der Waals surface area contributed by atoms with E-state index < -0.39 is 5.97 Å². The van der Waals surface area contributed by atoms with Crippen molar-refractivity contribution in [2.24, 2.45) is 7.05 Å². The van der Waals surface area contributed by atoms with Crippen LogP contribution in [0.5, 0.6) is 0 Å². The van der Waals surface area contributed by atoms with E-state index in [2.05, 4.69) is 9.67 Å². The smallest absolute Gasteiger partial charge is 0.335 e. The van der Waals surface area contributed by atoms with E-state index in [1.54, 1.807) is 16.8 Å². The Bertz CT molecular complexity index is 770. The first-order chi connectivity index (χ1) is 9.63. The van der Waals surface area contributed by atoms with E-state index in [1.165, 1.54) is 5.56 Å². The van der Waals surface area contributed by atoms with Gasteiger partial charge in [0.25, 0.3) is 0 Å². The van der Waals surface area contributed by atoms with Crippen LogP contribution in [0.3, 0.4) is 0 Å². The quantitative estimate of drug-likeness (QED) is 0.790. The fourth-order valence-electron chi connectivity index (χ4n) is 2.38. The third kappa shape index (κ3) is 2.30. The highest BCUT2D eigenvalue weighted by Gasteiger charge is 2.07. The van der Waals surface area contributed by atoms with Crippen molar-refractivity contribution in [1.29, 1.82) is 0 Å². The van der Waals surface area contributed by atoms with Crippen LogP contribution in [0.4, 0.5) is 0 Å². The Morgan fingerprint density at radius 2 is 2.20 bits per heavy atom. The van der Waals surface area contributed by atoms with Crippen molar-refractivity contribution < 1.29 is 9.90 Å². The Hall–Kier alpha value is -2.56. The highest BCUT2D eigenvalue weighted by molar-refractivity contribution is 5.93. The second-order valence-electron chi connectivity index (χ2n) is 4.86. The number of carbonyl (C=O) groups is 1. The normalized spacial score (nSPS) is 11.1. The molecule has 0 aliphatic heterocycles. The molecular weight excluding hydrogens is 254 g/mol. The highest BCUT2D eigenvalue weighted by Crippen LogP contribution is 2.18. The number of carboxylic acid groups (broad SMARTS) is 1. The van der Waals surface area contributed by atoms with Gasteiger partial charge >= 0.3 is 5.97 Å². The molecule has 3 aromatic rings. The Kier molecular flexibility index (Phi) is 3.02. The highest BCUT2D eigenvalue weighted by atomic mass is 16.4. The van der Waals surface area contributed by atoms with Gasteiger partial charge in [-0.1, -0.05) is 0 Å². The fourth-order valence-corrected chi connectivity index (χ4v) is 2.38. The van der Waals surface area contributed by atoms with E-state index in [9.17, 15) is 4.79 Å². The minimum absolute atomic E-state index is 0.322. The van der Waals surface area contributed by atoms with Crippen LogP contribution in [-0.2, 0) is 20.0 Å². The molecule has 102 valence electrons. The van der Waals surface area contributed by atoms with Crippen molar-refractivity contribution in [2.45, 2.75) is 13.0 Å². The molecule has 0 fully saturated rings. The van der Waals surface area contributed by atoms with E-state index in [4.69, 9.17) is 5.11 Å². The summed E-state index contributed by atoms with van der Waals surface area (Å²) >= 11 is 0. The summed E-state index contributed by atoms with van der Waals surface area (Å²) in [5.74, 6) is -0.894. The Labute approximate surface area is 116 Å². The first kappa shape index (κ1) is 12.5. The molecule has 0 amide bonds. The number of carboxylic acids is 1. The van der Waals surface area contributed by atoms with Crippen molar-refractivity contribution in [2.75, 3.05) is 0 Å². The van der Waals surface area contributed by atoms with Gasteiger partial charge in [0, 0.05) is 36.9 Å². The maximum atomic E-state index is 10.9. The standard InChI is InChI=1S/C15H15N3O2/c1-17-10-11(9-16-17)4-6-18-7-5-12-8-13(15(19)20)2-3-14(12)18/h2-3,5,7-10H,4,6H2,1H3,(H,19,20). The van der Waals surface area contributed by atoms with Crippen molar-refractivity contribution in [3.05, 3.63) is 54.0 Å². The maximum absolute atomic E-state index is 10.9. The number of aryl methyl sites for hydroxylation is 3. The summed E-state index contributed by atoms with van der Waals surface area (Å²) in [5, 5.41) is 14.1. The van der Waals surface area contributed by atoms with Crippen molar-refractivity contribution >= 4 is 16.9 Å². The average molecular weight is 269 g/mol. The van der Waals surface area contributed by atoms with E-state index >= 15 is 0 Å². The minimum Gasteiger partial charge on any atom is -0.478 e. The zero-order chi connectivity index (χ0) is 14.1. The van der Waals surface area contributed by atoms with Crippen molar-refractivity contribution in [3.8, 4) is 0 Å². The molecule has 0 saturated heterocycles. The van der Waals surface area contributed by atoms with Crippen LogP contribution >= 0.6 is 0 Å². The van der Waals surface area contributed by atoms with E-state index in [0.29, 0.717) is 5.56 Å². The van der Waals surface area contributed by atoms with Crippen LogP contribution in [0.2, 0.25) is 0 Å². The van der Waals surface area contributed by atoms with Crippen LogP contribution in [0, 0.1) is 0 Å². The molecule has 0 spiro atoms. The summed E-state index contributed by atoms with van der Waals surface area (Å²) in [6, 6.07) is 7.16. The summed E-state index contributed by atoms with van der Waals surface area (Å²) in [6.07, 6.45) is 6.77. The first-order valence-electron chi connectivity index (χ1n) is 6.43. The van der Waals surface area contributed by atoms with Gasteiger partial charge in [-0.2, -0.15) is 5.10 Å². The molecule has 5 heteroatoms. The molecular formula is C15H15N3O2. The summed E-state index contributed by atoms with van der Waals surface area (Å²) < 4.78 is 3.93. The molecule has 0 atom stereocenters. The lowest BCUT2D eigenvalue weighted by Crippen LogP contribution is -2.00. The Morgan fingerprint density at radius 3 is 2.90 bits per heavy atom. The fraction of sp³-hybridized carbons (Fsp3) is 0.200.